The van der Waals surface area contributed by atoms with E-state index in [1.54, 1.807) is 0 Å². The Balaban J connectivity index is 2.15. The number of hydrogen-bond donors (Lipinski definition) is 2. The number of aromatic nitrogens is 5. The van der Waals surface area contributed by atoms with Crippen molar-refractivity contribution in [2.24, 2.45) is 0 Å². The highest BCUT2D eigenvalue weighted by Gasteiger charge is 2.20. The third-order valence-electron chi connectivity index (χ3n) is 2.44. The van der Waals surface area contributed by atoms with Gasteiger partial charge in [-0.15, -0.1) is 0 Å². The summed E-state index contributed by atoms with van der Waals surface area (Å²) in [5.74, 6) is 4.01. The second-order valence-corrected chi connectivity index (χ2v) is 4.38. The first-order chi connectivity index (χ1) is 7.88. The maximum absolute atomic E-state index is 4.50. The monoisotopic (exact) mass is 234 g/mol. The first-order valence-corrected chi connectivity index (χ1v) is 6.05. The molecule has 0 atom stereocenters. The van der Waals surface area contributed by atoms with Crippen LogP contribution in [0, 0.1) is 0 Å². The van der Waals surface area contributed by atoms with E-state index in [-0.39, 0.29) is 0 Å². The number of nitrogens with zero attached hydrogens (tertiary/aromatic N) is 4. The first kappa shape index (κ1) is 9.59. The fourth-order valence-electron chi connectivity index (χ4n) is 1.68. The minimum Gasteiger partial charge on any atom is -0.373 e. The fourth-order valence-corrected chi connectivity index (χ4v) is 2.72. The lowest BCUT2D eigenvalue weighted by Gasteiger charge is -2.07. The maximum atomic E-state index is 4.50. The van der Waals surface area contributed by atoms with Crippen LogP contribution in [-0.2, 0) is 11.5 Å². The summed E-state index contributed by atoms with van der Waals surface area (Å²) >= 11 is 1.85. The lowest BCUT2D eigenvalue weighted by Crippen LogP contribution is -2.04. The number of thioether (sulfide) groups is 1. The molecule has 0 fully saturated rings. The molecular formula is C9H10N6S. The van der Waals surface area contributed by atoms with Crippen molar-refractivity contribution in [3.05, 3.63) is 17.6 Å². The van der Waals surface area contributed by atoms with Gasteiger partial charge in [-0.25, -0.2) is 15.0 Å². The van der Waals surface area contributed by atoms with E-state index in [4.69, 9.17) is 0 Å². The summed E-state index contributed by atoms with van der Waals surface area (Å²) in [7, 11) is 1.87. The predicted molar refractivity (Wildman–Crippen MR) is 62.0 cm³/mol. The Hall–Kier alpha value is -1.63. The molecule has 2 aromatic rings. The molecule has 0 radical (unpaired) electrons. The van der Waals surface area contributed by atoms with Gasteiger partial charge >= 0.3 is 0 Å². The van der Waals surface area contributed by atoms with Crippen molar-refractivity contribution in [2.45, 2.75) is 11.5 Å². The normalized spacial score (nSPS) is 13.8. The summed E-state index contributed by atoms with van der Waals surface area (Å²) in [6.07, 6.45) is 1.46. The van der Waals surface area contributed by atoms with E-state index < -0.39 is 0 Å². The van der Waals surface area contributed by atoms with Crippen molar-refractivity contribution in [1.82, 2.24) is 25.1 Å². The lowest BCUT2D eigenvalue weighted by molar-refractivity contribution is 1.02. The third kappa shape index (κ3) is 1.44. The summed E-state index contributed by atoms with van der Waals surface area (Å²) < 4.78 is 0. The van der Waals surface area contributed by atoms with Gasteiger partial charge in [-0.2, -0.15) is 16.9 Å². The van der Waals surface area contributed by atoms with Gasteiger partial charge in [-0.1, -0.05) is 0 Å². The number of nitrogens with one attached hydrogen (secondary N) is 2. The van der Waals surface area contributed by atoms with Crippen LogP contribution in [0.3, 0.4) is 0 Å². The van der Waals surface area contributed by atoms with Crippen LogP contribution in [-0.4, -0.2) is 32.2 Å². The molecule has 0 saturated heterocycles. The van der Waals surface area contributed by atoms with Gasteiger partial charge in [-0.3, -0.25) is 5.10 Å². The molecule has 6 nitrogen and oxygen atoms in total. The Morgan fingerprint density at radius 1 is 1.38 bits per heavy atom. The van der Waals surface area contributed by atoms with Crippen molar-refractivity contribution in [2.75, 3.05) is 12.4 Å². The van der Waals surface area contributed by atoms with Crippen LogP contribution < -0.4 is 5.32 Å². The number of H-pyrrole nitrogens is 1. The van der Waals surface area contributed by atoms with Crippen LogP contribution in [0.15, 0.2) is 6.33 Å². The number of hydrogen-bond acceptors (Lipinski definition) is 6. The highest BCUT2D eigenvalue weighted by Crippen LogP contribution is 2.33. The quantitative estimate of drug-likeness (QED) is 0.808. The second-order valence-electron chi connectivity index (χ2n) is 3.40. The van der Waals surface area contributed by atoms with Crippen LogP contribution in [0.25, 0.3) is 11.6 Å². The summed E-state index contributed by atoms with van der Waals surface area (Å²) in [5, 5.41) is 9.68. The SMILES string of the molecule is CNc1nc(-c2ncn[nH]2)nc2c1CSC2. The number of aromatic amines is 1. The average molecular weight is 234 g/mol. The van der Waals surface area contributed by atoms with Crippen LogP contribution in [0.2, 0.25) is 0 Å². The molecule has 3 rings (SSSR count). The van der Waals surface area contributed by atoms with E-state index in [0.717, 1.165) is 23.0 Å². The lowest BCUT2D eigenvalue weighted by atomic mass is 10.2. The van der Waals surface area contributed by atoms with Crippen molar-refractivity contribution >= 4 is 17.6 Å². The molecule has 0 saturated carbocycles. The molecule has 1 aliphatic rings. The van der Waals surface area contributed by atoms with Crippen molar-refractivity contribution < 1.29 is 0 Å². The second kappa shape index (κ2) is 3.75. The predicted octanol–water partition coefficient (Wildman–Crippen LogP) is 1.05. The molecule has 3 heterocycles. The van der Waals surface area contributed by atoms with Gasteiger partial charge in [0.15, 0.2) is 11.6 Å². The molecule has 0 aliphatic carbocycles. The van der Waals surface area contributed by atoms with Crippen LogP contribution in [0.5, 0.6) is 0 Å². The van der Waals surface area contributed by atoms with Crippen molar-refractivity contribution in [1.29, 1.82) is 0 Å². The Bertz CT molecular complexity index is 509. The molecule has 2 N–H and O–H groups in total. The number of rotatable bonds is 2. The van der Waals surface area contributed by atoms with Crippen LogP contribution in [0.1, 0.15) is 11.3 Å². The van der Waals surface area contributed by atoms with E-state index in [1.807, 2.05) is 18.8 Å². The molecule has 82 valence electrons. The van der Waals surface area contributed by atoms with Crippen molar-refractivity contribution in [3.8, 4) is 11.6 Å². The summed E-state index contributed by atoms with van der Waals surface area (Å²) in [5.41, 5.74) is 2.30. The van der Waals surface area contributed by atoms with Gasteiger partial charge in [0, 0.05) is 24.1 Å². The van der Waals surface area contributed by atoms with Gasteiger partial charge in [0.1, 0.15) is 12.1 Å². The molecule has 7 heteroatoms. The molecule has 1 aliphatic heterocycles. The van der Waals surface area contributed by atoms with Gasteiger partial charge in [0.05, 0.1) is 5.69 Å². The summed E-state index contributed by atoms with van der Waals surface area (Å²) in [6, 6.07) is 0. The zero-order chi connectivity index (χ0) is 11.0. The van der Waals surface area contributed by atoms with Gasteiger partial charge in [0.2, 0.25) is 0 Å². The number of anilines is 1. The highest BCUT2D eigenvalue weighted by molar-refractivity contribution is 7.98. The Kier molecular flexibility index (Phi) is 2.24. The highest BCUT2D eigenvalue weighted by atomic mass is 32.2. The molecule has 0 unspecified atom stereocenters. The number of fused-ring (bicyclic) bond motifs is 1. The van der Waals surface area contributed by atoms with Gasteiger partial charge < -0.3 is 5.32 Å². The Morgan fingerprint density at radius 2 is 2.31 bits per heavy atom. The van der Waals surface area contributed by atoms with Crippen LogP contribution >= 0.6 is 11.8 Å². The Labute approximate surface area is 96.3 Å². The third-order valence-corrected chi connectivity index (χ3v) is 3.41. The molecule has 2 aromatic heterocycles. The molecular weight excluding hydrogens is 224 g/mol. The van der Waals surface area contributed by atoms with Gasteiger partial charge in [-0.05, 0) is 0 Å². The minimum atomic E-state index is 0.600. The maximum Gasteiger partial charge on any atom is 0.199 e. The van der Waals surface area contributed by atoms with E-state index >= 15 is 0 Å². The smallest absolute Gasteiger partial charge is 0.199 e. The van der Waals surface area contributed by atoms with Crippen LogP contribution in [0.4, 0.5) is 5.82 Å². The first-order valence-electron chi connectivity index (χ1n) is 4.89. The van der Waals surface area contributed by atoms with Gasteiger partial charge in [0.25, 0.3) is 0 Å². The van der Waals surface area contributed by atoms with Crippen molar-refractivity contribution in [3.63, 3.8) is 0 Å². The molecule has 0 bridgehead atoms. The van der Waals surface area contributed by atoms with E-state index in [1.165, 1.54) is 11.9 Å². The molecule has 16 heavy (non-hydrogen) atoms. The molecule has 0 amide bonds. The fraction of sp³-hybridized carbons (Fsp3) is 0.333. The zero-order valence-corrected chi connectivity index (χ0v) is 9.51. The average Bonchev–Trinajstić information content (AvgIpc) is 2.97. The molecule has 0 aromatic carbocycles. The largest absolute Gasteiger partial charge is 0.373 e. The zero-order valence-electron chi connectivity index (χ0n) is 8.69. The van der Waals surface area contributed by atoms with E-state index in [2.05, 4.69) is 30.5 Å². The van der Waals surface area contributed by atoms with E-state index in [9.17, 15) is 0 Å². The minimum absolute atomic E-state index is 0.600. The summed E-state index contributed by atoms with van der Waals surface area (Å²) in [6.45, 7) is 0. The topological polar surface area (TPSA) is 79.4 Å². The summed E-state index contributed by atoms with van der Waals surface area (Å²) in [4.78, 5) is 13.0. The Morgan fingerprint density at radius 3 is 3.06 bits per heavy atom. The molecule has 0 spiro atoms. The van der Waals surface area contributed by atoms with E-state index in [0.29, 0.717) is 11.6 Å². The standard InChI is InChI=1S/C9H10N6S/c1-10-7-5-2-16-3-6(5)13-9(14-7)8-11-4-12-15-8/h4H,2-3H2,1H3,(H,10,13,14)(H,11,12,15).